The van der Waals surface area contributed by atoms with Gasteiger partial charge >= 0.3 is 6.18 Å². The van der Waals surface area contributed by atoms with E-state index in [4.69, 9.17) is 16.3 Å². The Hall–Kier alpha value is -4.01. The summed E-state index contributed by atoms with van der Waals surface area (Å²) in [5.41, 5.74) is -0.982. The van der Waals surface area contributed by atoms with E-state index in [2.05, 4.69) is 5.32 Å². The molecule has 1 fully saturated rings. The maximum atomic E-state index is 13.1. The summed E-state index contributed by atoms with van der Waals surface area (Å²) in [7, 11) is -2.91. The molecule has 3 amide bonds. The number of anilines is 1. The van der Waals surface area contributed by atoms with Crippen molar-refractivity contribution in [1.29, 1.82) is 0 Å². The number of nitrogens with zero attached hydrogens (tertiary/aromatic N) is 1. The van der Waals surface area contributed by atoms with Crippen LogP contribution in [-0.2, 0) is 21.0 Å². The van der Waals surface area contributed by atoms with Crippen LogP contribution >= 0.6 is 23.4 Å². The van der Waals surface area contributed by atoms with E-state index in [0.29, 0.717) is 23.4 Å². The maximum Gasteiger partial charge on any atom is 0.416 e. The summed E-state index contributed by atoms with van der Waals surface area (Å²) in [6.45, 7) is -0.258. The standard InChI is InChI=1S/C27H21ClF3N3O6S2/c1-40-19-8-5-16(6-9-19)13-23-25(36)34(26(37)41-23)12-11-32-24(35)17-3-2-4-20(14-17)42(38,39)33-22-15-18(27(29,30)31)7-10-21(22)28/h2-10,13-15,33H,11-12H2,1H3,(H,32,35)/b23-13-. The zero-order valence-electron chi connectivity index (χ0n) is 21.6. The monoisotopic (exact) mass is 639 g/mol. The molecule has 2 N–H and O–H groups in total. The average molecular weight is 640 g/mol. The number of rotatable bonds is 9. The van der Waals surface area contributed by atoms with Crippen LogP contribution in [0.4, 0.5) is 23.7 Å². The van der Waals surface area contributed by atoms with E-state index in [9.17, 15) is 36.0 Å². The quantitative estimate of drug-likeness (QED) is 0.291. The van der Waals surface area contributed by atoms with Gasteiger partial charge in [-0.25, -0.2) is 8.42 Å². The van der Waals surface area contributed by atoms with Gasteiger partial charge < -0.3 is 10.1 Å². The predicted octanol–water partition coefficient (Wildman–Crippen LogP) is 5.63. The van der Waals surface area contributed by atoms with Crippen molar-refractivity contribution in [2.75, 3.05) is 24.9 Å². The molecule has 3 aromatic carbocycles. The summed E-state index contributed by atoms with van der Waals surface area (Å²) in [5.74, 6) is -0.595. The number of carbonyl (C=O) groups excluding carboxylic acids is 3. The molecular weight excluding hydrogens is 619 g/mol. The first-order valence-electron chi connectivity index (χ1n) is 12.0. The lowest BCUT2D eigenvalue weighted by molar-refractivity contribution is -0.137. The lowest BCUT2D eigenvalue weighted by Crippen LogP contribution is -2.37. The van der Waals surface area contributed by atoms with Gasteiger partial charge in [-0.1, -0.05) is 29.8 Å². The Labute approximate surface area is 247 Å². The first-order chi connectivity index (χ1) is 19.8. The molecule has 1 heterocycles. The Kier molecular flexibility index (Phi) is 9.18. The van der Waals surface area contributed by atoms with Crippen molar-refractivity contribution in [2.45, 2.75) is 11.1 Å². The zero-order valence-corrected chi connectivity index (χ0v) is 24.0. The average Bonchev–Trinajstić information content (AvgIpc) is 3.21. The van der Waals surface area contributed by atoms with Gasteiger partial charge in [0.05, 0.1) is 33.2 Å². The minimum atomic E-state index is -4.72. The van der Waals surface area contributed by atoms with Crippen LogP contribution in [-0.4, -0.2) is 50.6 Å². The van der Waals surface area contributed by atoms with Gasteiger partial charge in [-0.2, -0.15) is 13.2 Å². The van der Waals surface area contributed by atoms with Crippen LogP contribution in [0.1, 0.15) is 21.5 Å². The van der Waals surface area contributed by atoms with Gasteiger partial charge in [0.15, 0.2) is 0 Å². The number of carbonyl (C=O) groups is 3. The molecule has 3 aromatic rings. The Morgan fingerprint density at radius 3 is 2.45 bits per heavy atom. The first kappa shape index (κ1) is 30.9. The number of thioether (sulfide) groups is 1. The van der Waals surface area contributed by atoms with Crippen molar-refractivity contribution in [3.63, 3.8) is 0 Å². The van der Waals surface area contributed by atoms with E-state index in [0.717, 1.165) is 34.9 Å². The van der Waals surface area contributed by atoms with Crippen molar-refractivity contribution >= 4 is 62.2 Å². The van der Waals surface area contributed by atoms with Gasteiger partial charge in [0.2, 0.25) is 0 Å². The molecule has 0 aliphatic carbocycles. The molecule has 0 unspecified atom stereocenters. The molecule has 1 aliphatic rings. The van der Waals surface area contributed by atoms with Gasteiger partial charge in [0.25, 0.3) is 27.1 Å². The Bertz CT molecular complexity index is 1680. The van der Waals surface area contributed by atoms with Gasteiger partial charge in [0.1, 0.15) is 5.75 Å². The molecule has 0 saturated carbocycles. The topological polar surface area (TPSA) is 122 Å². The van der Waals surface area contributed by atoms with E-state index < -0.39 is 49.4 Å². The summed E-state index contributed by atoms with van der Waals surface area (Å²) in [4.78, 5) is 38.6. The Morgan fingerprint density at radius 1 is 1.07 bits per heavy atom. The molecule has 15 heteroatoms. The highest BCUT2D eigenvalue weighted by atomic mass is 35.5. The highest BCUT2D eigenvalue weighted by molar-refractivity contribution is 8.18. The van der Waals surface area contributed by atoms with Crippen LogP contribution in [0, 0.1) is 0 Å². The highest BCUT2D eigenvalue weighted by Gasteiger charge is 2.35. The van der Waals surface area contributed by atoms with Gasteiger partial charge in [-0.15, -0.1) is 0 Å². The third-order valence-electron chi connectivity index (χ3n) is 5.85. The van der Waals surface area contributed by atoms with E-state index >= 15 is 0 Å². The number of methoxy groups -OCH3 is 1. The molecule has 0 radical (unpaired) electrons. The van der Waals surface area contributed by atoms with Crippen LogP contribution < -0.4 is 14.8 Å². The predicted molar refractivity (Wildman–Crippen MR) is 152 cm³/mol. The fourth-order valence-electron chi connectivity index (χ4n) is 3.72. The number of nitrogens with one attached hydrogen (secondary N) is 2. The number of sulfonamides is 1. The fourth-order valence-corrected chi connectivity index (χ4v) is 5.92. The highest BCUT2D eigenvalue weighted by Crippen LogP contribution is 2.35. The number of hydrogen-bond acceptors (Lipinski definition) is 7. The summed E-state index contributed by atoms with van der Waals surface area (Å²) in [6, 6.07) is 13.8. The largest absolute Gasteiger partial charge is 0.497 e. The summed E-state index contributed by atoms with van der Waals surface area (Å²) in [6.07, 6.45) is -3.16. The fraction of sp³-hybridized carbons (Fsp3) is 0.148. The second kappa shape index (κ2) is 12.5. The van der Waals surface area contributed by atoms with E-state index in [-0.39, 0.29) is 28.6 Å². The molecule has 9 nitrogen and oxygen atoms in total. The van der Waals surface area contributed by atoms with Crippen molar-refractivity contribution in [3.8, 4) is 5.75 Å². The summed E-state index contributed by atoms with van der Waals surface area (Å²) in [5, 5.41) is 1.75. The van der Waals surface area contributed by atoms with Crippen LogP contribution in [0.15, 0.2) is 76.5 Å². The number of halogens is 4. The molecule has 0 aromatic heterocycles. The van der Waals surface area contributed by atoms with E-state index in [1.54, 1.807) is 30.3 Å². The normalized spacial score (nSPS) is 14.8. The number of amides is 3. The molecule has 1 aliphatic heterocycles. The second-order valence-electron chi connectivity index (χ2n) is 8.69. The number of ether oxygens (including phenoxy) is 1. The summed E-state index contributed by atoms with van der Waals surface area (Å²) >= 11 is 6.65. The van der Waals surface area contributed by atoms with Crippen molar-refractivity contribution in [3.05, 3.63) is 93.3 Å². The van der Waals surface area contributed by atoms with Crippen LogP contribution in [0.2, 0.25) is 5.02 Å². The number of benzene rings is 3. The lowest BCUT2D eigenvalue weighted by atomic mass is 10.2. The smallest absolute Gasteiger partial charge is 0.416 e. The number of alkyl halides is 3. The van der Waals surface area contributed by atoms with E-state index in [1.165, 1.54) is 19.2 Å². The number of imide groups is 1. The van der Waals surface area contributed by atoms with Crippen molar-refractivity contribution in [1.82, 2.24) is 10.2 Å². The lowest BCUT2D eigenvalue weighted by Gasteiger charge is -2.14. The molecule has 0 spiro atoms. The zero-order chi connectivity index (χ0) is 30.7. The van der Waals surface area contributed by atoms with E-state index in [1.807, 2.05) is 4.72 Å². The third-order valence-corrected chi connectivity index (χ3v) is 8.45. The van der Waals surface area contributed by atoms with Crippen LogP contribution in [0.3, 0.4) is 0 Å². The van der Waals surface area contributed by atoms with Crippen molar-refractivity contribution < 1.29 is 40.7 Å². The summed E-state index contributed by atoms with van der Waals surface area (Å²) < 4.78 is 72.0. The second-order valence-corrected chi connectivity index (χ2v) is 11.8. The minimum absolute atomic E-state index is 0.0819. The number of hydrogen-bond donors (Lipinski definition) is 2. The molecule has 1 saturated heterocycles. The van der Waals surface area contributed by atoms with Gasteiger partial charge in [-0.3, -0.25) is 24.0 Å². The van der Waals surface area contributed by atoms with Crippen LogP contribution in [0.5, 0.6) is 5.75 Å². The maximum absolute atomic E-state index is 13.1. The SMILES string of the molecule is COc1ccc(/C=C2\SC(=O)N(CCNC(=O)c3cccc(S(=O)(=O)Nc4cc(C(F)(F)F)ccc4Cl)c3)C2=O)cc1. The molecule has 0 bridgehead atoms. The molecule has 0 atom stereocenters. The molecule has 220 valence electrons. The molecule has 4 rings (SSSR count). The Balaban J connectivity index is 1.39. The van der Waals surface area contributed by atoms with Gasteiger partial charge in [0, 0.05) is 18.7 Å². The molecule has 42 heavy (non-hydrogen) atoms. The Morgan fingerprint density at radius 2 is 1.79 bits per heavy atom. The van der Waals surface area contributed by atoms with Crippen molar-refractivity contribution in [2.24, 2.45) is 0 Å². The first-order valence-corrected chi connectivity index (χ1v) is 14.6. The van der Waals surface area contributed by atoms with Gasteiger partial charge in [-0.05, 0) is 71.9 Å². The minimum Gasteiger partial charge on any atom is -0.497 e. The molecular formula is C27H21ClF3N3O6S2. The third kappa shape index (κ3) is 7.24. The van der Waals surface area contributed by atoms with Crippen LogP contribution in [0.25, 0.3) is 6.08 Å².